The minimum atomic E-state index is -0.691. The van der Waals surface area contributed by atoms with Crippen molar-refractivity contribution in [3.8, 4) is 0 Å². The number of nitrogens with zero attached hydrogens (tertiary/aromatic N) is 2. The summed E-state index contributed by atoms with van der Waals surface area (Å²) in [4.78, 5) is 46.7. The lowest BCUT2D eigenvalue weighted by Crippen LogP contribution is -2.51. The van der Waals surface area contributed by atoms with Crippen molar-refractivity contribution >= 4 is 29.5 Å². The predicted molar refractivity (Wildman–Crippen MR) is 138 cm³/mol. The van der Waals surface area contributed by atoms with Crippen LogP contribution in [0.1, 0.15) is 42.7 Å². The van der Waals surface area contributed by atoms with E-state index in [1.165, 1.54) is 13.4 Å². The van der Waals surface area contributed by atoms with Gasteiger partial charge in [0.1, 0.15) is 11.7 Å². The number of aromatic amines is 1. The van der Waals surface area contributed by atoms with Gasteiger partial charge >= 0.3 is 5.97 Å². The monoisotopic (exact) mass is 503 g/mol. The quantitative estimate of drug-likeness (QED) is 0.320. The number of esters is 1. The van der Waals surface area contributed by atoms with Gasteiger partial charge < -0.3 is 20.4 Å². The topological polar surface area (TPSA) is 116 Å². The van der Waals surface area contributed by atoms with E-state index >= 15 is 0 Å². The Morgan fingerprint density at radius 2 is 1.94 bits per heavy atom. The number of methoxy groups -OCH3 is 1. The molecule has 0 aliphatic carbocycles. The van der Waals surface area contributed by atoms with Crippen LogP contribution in [0, 0.1) is 5.92 Å². The number of benzene rings is 1. The van der Waals surface area contributed by atoms with Crippen molar-refractivity contribution < 1.29 is 19.1 Å². The average Bonchev–Trinajstić information content (AvgIpc) is 3.41. The van der Waals surface area contributed by atoms with Gasteiger partial charge in [0, 0.05) is 25.3 Å². The Bertz CT molecular complexity index is 910. The number of thioether (sulfide) groups is 1. The van der Waals surface area contributed by atoms with Crippen LogP contribution in [-0.2, 0) is 20.9 Å². The molecule has 2 amide bonds. The first-order valence-electron chi connectivity index (χ1n) is 11.8. The number of carbonyl (C=O) groups is 3. The predicted octanol–water partition coefficient (Wildman–Crippen LogP) is 2.47. The van der Waals surface area contributed by atoms with Gasteiger partial charge in [-0.3, -0.25) is 14.5 Å². The largest absolute Gasteiger partial charge is 0.467 e. The molecule has 0 saturated carbocycles. The number of aromatic nitrogens is 2. The molecule has 2 aromatic rings. The first kappa shape index (κ1) is 28.4. The first-order chi connectivity index (χ1) is 16.9. The fourth-order valence-corrected chi connectivity index (χ4v) is 4.13. The van der Waals surface area contributed by atoms with Crippen LogP contribution in [0.15, 0.2) is 42.9 Å². The van der Waals surface area contributed by atoms with E-state index in [2.05, 4.69) is 34.4 Å². The van der Waals surface area contributed by atoms with Crippen LogP contribution in [0.4, 0.5) is 0 Å². The molecule has 1 heterocycles. The van der Waals surface area contributed by atoms with Gasteiger partial charge in [-0.25, -0.2) is 9.78 Å². The number of imidazole rings is 1. The highest BCUT2D eigenvalue weighted by atomic mass is 32.2. The van der Waals surface area contributed by atoms with Crippen molar-refractivity contribution in [3.05, 3.63) is 54.1 Å². The fraction of sp³-hybridized carbons (Fsp3) is 0.520. The number of rotatable bonds is 15. The lowest BCUT2D eigenvalue weighted by atomic mass is 9.98. The number of nitrogens with one attached hydrogen (secondary N) is 3. The smallest absolute Gasteiger partial charge is 0.328 e. The van der Waals surface area contributed by atoms with E-state index in [0.29, 0.717) is 25.2 Å². The van der Waals surface area contributed by atoms with Gasteiger partial charge in [0.05, 0.1) is 20.0 Å². The molecule has 0 bridgehead atoms. The van der Waals surface area contributed by atoms with Gasteiger partial charge in [0.25, 0.3) is 5.91 Å². The third kappa shape index (κ3) is 9.73. The Hall–Kier alpha value is -2.85. The zero-order valence-corrected chi connectivity index (χ0v) is 21.8. The van der Waals surface area contributed by atoms with Crippen LogP contribution in [0.25, 0.3) is 0 Å². The maximum absolute atomic E-state index is 13.0. The van der Waals surface area contributed by atoms with Gasteiger partial charge in [-0.15, -0.1) is 0 Å². The summed E-state index contributed by atoms with van der Waals surface area (Å²) < 4.78 is 4.87. The maximum Gasteiger partial charge on any atom is 0.328 e. The molecule has 0 fully saturated rings. The molecule has 1 aromatic carbocycles. The summed E-state index contributed by atoms with van der Waals surface area (Å²) in [7, 11) is 1.32. The van der Waals surface area contributed by atoms with E-state index in [-0.39, 0.29) is 30.3 Å². The highest BCUT2D eigenvalue weighted by Crippen LogP contribution is 2.13. The lowest BCUT2D eigenvalue weighted by molar-refractivity contribution is -0.145. The molecule has 0 aliphatic heterocycles. The third-order valence-electron chi connectivity index (χ3n) is 5.88. The van der Waals surface area contributed by atoms with Gasteiger partial charge in [0.15, 0.2) is 0 Å². The van der Waals surface area contributed by atoms with Crippen molar-refractivity contribution in [2.45, 2.75) is 45.3 Å². The third-order valence-corrected chi connectivity index (χ3v) is 6.52. The van der Waals surface area contributed by atoms with Crippen LogP contribution >= 0.6 is 11.8 Å². The van der Waals surface area contributed by atoms with Gasteiger partial charge in [-0.1, -0.05) is 50.6 Å². The Balaban J connectivity index is 2.16. The zero-order chi connectivity index (χ0) is 25.6. The minimum Gasteiger partial charge on any atom is -0.467 e. The summed E-state index contributed by atoms with van der Waals surface area (Å²) in [5, 5.41) is 5.91. The molecule has 35 heavy (non-hydrogen) atoms. The van der Waals surface area contributed by atoms with Crippen molar-refractivity contribution in [2.75, 3.05) is 32.2 Å². The molecule has 10 heteroatoms. The van der Waals surface area contributed by atoms with Crippen LogP contribution in [0.2, 0.25) is 0 Å². The summed E-state index contributed by atoms with van der Waals surface area (Å²) in [5.41, 5.74) is 1.37. The summed E-state index contributed by atoms with van der Waals surface area (Å²) in [5.74, 6) is -0.0832. The molecular formula is C25H37N5O4S. The van der Waals surface area contributed by atoms with Gasteiger partial charge in [-0.05, 0) is 29.9 Å². The van der Waals surface area contributed by atoms with Crippen LogP contribution < -0.4 is 10.6 Å². The summed E-state index contributed by atoms with van der Waals surface area (Å²) in [6.45, 7) is 5.20. The van der Waals surface area contributed by atoms with Crippen LogP contribution in [0.3, 0.4) is 0 Å². The minimum absolute atomic E-state index is 0.0763. The molecule has 0 spiro atoms. The number of H-pyrrole nitrogens is 1. The van der Waals surface area contributed by atoms with E-state index in [4.69, 9.17) is 4.74 Å². The molecular weight excluding hydrogens is 466 g/mol. The van der Waals surface area contributed by atoms with Gasteiger partial charge in [0.2, 0.25) is 5.91 Å². The van der Waals surface area contributed by atoms with Crippen molar-refractivity contribution in [2.24, 2.45) is 5.92 Å². The second-order valence-electron chi connectivity index (χ2n) is 8.50. The maximum atomic E-state index is 13.0. The first-order valence-corrected chi connectivity index (χ1v) is 13.2. The van der Waals surface area contributed by atoms with Gasteiger partial charge in [-0.2, -0.15) is 11.8 Å². The van der Waals surface area contributed by atoms with Crippen LogP contribution in [0.5, 0.6) is 0 Å². The second kappa shape index (κ2) is 15.2. The molecule has 3 N–H and O–H groups in total. The van der Waals surface area contributed by atoms with Crippen molar-refractivity contribution in [1.82, 2.24) is 25.5 Å². The summed E-state index contributed by atoms with van der Waals surface area (Å²) in [6.07, 6.45) is 6.32. The second-order valence-corrected chi connectivity index (χ2v) is 9.49. The molecule has 2 rings (SSSR count). The average molecular weight is 504 g/mol. The number of hydrogen-bond donors (Lipinski definition) is 3. The van der Waals surface area contributed by atoms with Crippen LogP contribution in [-0.4, -0.2) is 76.9 Å². The molecule has 0 aliphatic rings. The normalized spacial score (nSPS) is 13.6. The van der Waals surface area contributed by atoms with E-state index in [1.807, 2.05) is 41.5 Å². The lowest BCUT2D eigenvalue weighted by Gasteiger charge is -2.31. The zero-order valence-electron chi connectivity index (χ0n) is 21.0. The molecule has 192 valence electrons. The molecule has 9 nitrogen and oxygen atoms in total. The Morgan fingerprint density at radius 1 is 1.20 bits per heavy atom. The molecule has 3 atom stereocenters. The number of amides is 2. The summed E-state index contributed by atoms with van der Waals surface area (Å²) >= 11 is 1.60. The Kier molecular flexibility index (Phi) is 12.3. The molecule has 1 aromatic heterocycles. The molecule has 0 saturated heterocycles. The fourth-order valence-electron chi connectivity index (χ4n) is 3.65. The number of hydrogen-bond acceptors (Lipinski definition) is 7. The molecule has 0 unspecified atom stereocenters. The number of ether oxygens (including phenoxy) is 1. The summed E-state index contributed by atoms with van der Waals surface area (Å²) in [6, 6.07) is 8.96. The number of carbonyl (C=O) groups excluding carboxylic acids is 3. The van der Waals surface area contributed by atoms with Crippen molar-refractivity contribution in [3.63, 3.8) is 0 Å². The van der Waals surface area contributed by atoms with E-state index < -0.39 is 12.0 Å². The highest BCUT2D eigenvalue weighted by Gasteiger charge is 2.26. The Labute approximate surface area is 211 Å². The van der Waals surface area contributed by atoms with E-state index in [0.717, 1.165) is 17.7 Å². The SMILES string of the molecule is CC[C@H](C)[C@@H](CN(CC(=O)N[C@@H](CCSC)C(=O)OC)Cc1ccccc1)NC(=O)c1c[nH]cn1. The van der Waals surface area contributed by atoms with E-state index in [1.54, 1.807) is 18.0 Å². The highest BCUT2D eigenvalue weighted by molar-refractivity contribution is 7.98. The van der Waals surface area contributed by atoms with Crippen molar-refractivity contribution in [1.29, 1.82) is 0 Å². The molecule has 0 radical (unpaired) electrons. The van der Waals surface area contributed by atoms with E-state index in [9.17, 15) is 14.4 Å². The standard InChI is InChI=1S/C25H37N5O4S/c1-5-18(2)22(29-24(32)21-13-26-17-27-21)15-30(14-19-9-7-6-8-10-19)16-23(31)28-20(11-12-35-4)25(33)34-3/h6-10,13,17-18,20,22H,5,11-12,14-16H2,1-4H3,(H,26,27)(H,28,31)(H,29,32)/t18-,20-,22+/m0/s1. The Morgan fingerprint density at radius 3 is 2.54 bits per heavy atom.